The van der Waals surface area contributed by atoms with Crippen LogP contribution in [0.4, 0.5) is 4.79 Å². The van der Waals surface area contributed by atoms with E-state index in [0.717, 1.165) is 4.90 Å². The summed E-state index contributed by atoms with van der Waals surface area (Å²) in [4.78, 5) is 23.3. The zero-order chi connectivity index (χ0) is 8.59. The lowest BCUT2D eigenvalue weighted by Crippen LogP contribution is -2.48. The van der Waals surface area contributed by atoms with Crippen LogP contribution < -0.4 is 0 Å². The van der Waals surface area contributed by atoms with Crippen LogP contribution in [0.1, 0.15) is 0 Å². The summed E-state index contributed by atoms with van der Waals surface area (Å²) in [6.07, 6.45) is 1.60. The molecule has 5 heteroatoms. The Hall–Kier alpha value is -0.460. The predicted molar refractivity (Wildman–Crippen MR) is 48.2 cm³/mol. The highest BCUT2D eigenvalue weighted by molar-refractivity contribution is 14.1. The lowest BCUT2D eigenvalue weighted by molar-refractivity contribution is -0.399. The molecule has 0 saturated carbocycles. The van der Waals surface area contributed by atoms with E-state index in [-0.39, 0.29) is 15.9 Å². The molecule has 60 valence electrons. The smallest absolute Gasteiger partial charge is 0.245 e. The first-order valence-corrected chi connectivity index (χ1v) is 4.32. The van der Waals surface area contributed by atoms with E-state index in [1.807, 2.05) is 22.6 Å². The van der Waals surface area contributed by atoms with Gasteiger partial charge >= 0.3 is 11.9 Å². The van der Waals surface area contributed by atoms with Crippen molar-refractivity contribution >= 4 is 40.7 Å². The van der Waals surface area contributed by atoms with E-state index in [4.69, 9.17) is 0 Å². The Kier molecular flexibility index (Phi) is 2.26. The van der Waals surface area contributed by atoms with Crippen LogP contribution in [0.5, 0.6) is 0 Å². The molecule has 0 radical (unpaired) electrons. The topological polar surface area (TPSA) is 40.4 Å². The molecule has 1 unspecified atom stereocenters. The fourth-order valence-corrected chi connectivity index (χ4v) is 1.74. The van der Waals surface area contributed by atoms with Gasteiger partial charge in [0.15, 0.2) is 3.92 Å². The van der Waals surface area contributed by atoms with E-state index >= 15 is 0 Å². The maximum Gasteiger partial charge on any atom is 0.500 e. The van der Waals surface area contributed by atoms with Gasteiger partial charge in [0.05, 0.1) is 20.3 Å². The minimum atomic E-state index is -0.275. The first-order valence-electron chi connectivity index (χ1n) is 3.07. The van der Waals surface area contributed by atoms with Gasteiger partial charge in [0.2, 0.25) is 0 Å². The lowest BCUT2D eigenvalue weighted by Gasteiger charge is -2.14. The van der Waals surface area contributed by atoms with E-state index in [0.29, 0.717) is 0 Å². The molecule has 0 aromatic carbocycles. The molecule has 1 aliphatic heterocycles. The summed E-state index contributed by atoms with van der Waals surface area (Å²) in [7, 11) is 3.12. The third kappa shape index (κ3) is 1.42. The number of amides is 3. The van der Waals surface area contributed by atoms with Crippen molar-refractivity contribution in [3.8, 4) is 0 Å². The number of nitrogens with zero attached hydrogens (tertiary/aromatic N) is 2. The molecule has 11 heavy (non-hydrogen) atoms. The first kappa shape index (κ1) is 8.63. The average Bonchev–Trinajstić information content (AvgIpc) is 1.97. The third-order valence-electron chi connectivity index (χ3n) is 1.51. The van der Waals surface area contributed by atoms with Crippen molar-refractivity contribution in [3.63, 3.8) is 0 Å². The van der Waals surface area contributed by atoms with Gasteiger partial charge in [0, 0.05) is 0 Å². The molecule has 0 aliphatic carbocycles. The maximum absolute atomic E-state index is 11.1. The number of hydrogen-bond donors (Lipinski definition) is 0. The van der Waals surface area contributed by atoms with Gasteiger partial charge in [-0.1, -0.05) is 22.6 Å². The second kappa shape index (κ2) is 2.88. The number of carbonyl (C=O) groups is 2. The Morgan fingerprint density at radius 1 is 1.64 bits per heavy atom. The molecule has 0 aromatic heterocycles. The number of alkyl halides is 1. The van der Waals surface area contributed by atoms with E-state index in [1.54, 1.807) is 13.3 Å². The highest BCUT2D eigenvalue weighted by Gasteiger charge is 2.37. The Labute approximate surface area is 78.0 Å². The SMILES string of the molecule is CN1C(=O)C(I)C=[N+](C)C1=O. The van der Waals surface area contributed by atoms with Crippen LogP contribution in [-0.4, -0.2) is 45.6 Å². The highest BCUT2D eigenvalue weighted by Crippen LogP contribution is 2.07. The standard InChI is InChI=1S/C6H8IN2O2/c1-8-3-4(7)5(10)9(2)6(8)11/h3-4H,1-2H3/q+1. The summed E-state index contributed by atoms with van der Waals surface area (Å²) in [5.41, 5.74) is 0. The van der Waals surface area contributed by atoms with Crippen LogP contribution in [0, 0.1) is 0 Å². The second-order valence-electron chi connectivity index (χ2n) is 2.34. The average molecular weight is 267 g/mol. The fourth-order valence-electron chi connectivity index (χ4n) is 0.840. The van der Waals surface area contributed by atoms with E-state index in [2.05, 4.69) is 0 Å². The summed E-state index contributed by atoms with van der Waals surface area (Å²) in [5, 5.41) is 0. The van der Waals surface area contributed by atoms with Gasteiger partial charge in [-0.2, -0.15) is 9.69 Å². The Morgan fingerprint density at radius 2 is 2.18 bits per heavy atom. The number of imide groups is 1. The van der Waals surface area contributed by atoms with Crippen molar-refractivity contribution in [2.24, 2.45) is 0 Å². The van der Waals surface area contributed by atoms with Crippen LogP contribution in [-0.2, 0) is 4.79 Å². The van der Waals surface area contributed by atoms with Gasteiger partial charge in [-0.3, -0.25) is 0 Å². The quantitative estimate of drug-likeness (QED) is 0.354. The molecule has 1 atom stereocenters. The number of urea groups is 1. The van der Waals surface area contributed by atoms with E-state index in [9.17, 15) is 9.59 Å². The third-order valence-corrected chi connectivity index (χ3v) is 2.36. The van der Waals surface area contributed by atoms with Crippen LogP contribution in [0.25, 0.3) is 0 Å². The molecule has 3 amide bonds. The van der Waals surface area contributed by atoms with Crippen molar-refractivity contribution in [3.05, 3.63) is 0 Å². The van der Waals surface area contributed by atoms with E-state index in [1.165, 1.54) is 11.6 Å². The van der Waals surface area contributed by atoms with Crippen LogP contribution in [0.15, 0.2) is 0 Å². The van der Waals surface area contributed by atoms with Gasteiger partial charge in [-0.15, -0.1) is 0 Å². The maximum atomic E-state index is 11.1. The van der Waals surface area contributed by atoms with Gasteiger partial charge in [-0.25, -0.2) is 9.37 Å². The van der Waals surface area contributed by atoms with Crippen LogP contribution in [0.3, 0.4) is 0 Å². The molecule has 0 aromatic rings. The van der Waals surface area contributed by atoms with Gasteiger partial charge in [0.25, 0.3) is 0 Å². The zero-order valence-corrected chi connectivity index (χ0v) is 8.40. The van der Waals surface area contributed by atoms with Crippen molar-refractivity contribution in [1.29, 1.82) is 0 Å². The molecule has 1 aliphatic rings. The molecular formula is C6H8IN2O2+. The molecule has 0 spiro atoms. The zero-order valence-electron chi connectivity index (χ0n) is 6.24. The Balaban J connectivity index is 3.01. The molecule has 0 N–H and O–H groups in total. The summed E-state index contributed by atoms with van der Waals surface area (Å²) in [5.74, 6) is -0.159. The van der Waals surface area contributed by atoms with Crippen molar-refractivity contribution in [2.75, 3.05) is 14.1 Å². The molecule has 0 bridgehead atoms. The predicted octanol–water partition coefficient (Wildman–Crippen LogP) is 0.0951. The number of rotatable bonds is 0. The minimum Gasteiger partial charge on any atom is -0.245 e. The molecule has 0 fully saturated rings. The van der Waals surface area contributed by atoms with Crippen molar-refractivity contribution in [2.45, 2.75) is 3.92 Å². The molecular weight excluding hydrogens is 259 g/mol. The second-order valence-corrected chi connectivity index (χ2v) is 3.68. The summed E-state index contributed by atoms with van der Waals surface area (Å²) < 4.78 is 1.19. The Bertz CT molecular complexity index is 249. The van der Waals surface area contributed by atoms with Crippen LogP contribution >= 0.6 is 22.6 Å². The fraction of sp³-hybridized carbons (Fsp3) is 0.500. The largest absolute Gasteiger partial charge is 0.500 e. The minimum absolute atomic E-state index is 0.159. The number of carbonyl (C=O) groups excluding carboxylic acids is 2. The monoisotopic (exact) mass is 267 g/mol. The first-order chi connectivity index (χ1) is 5.04. The van der Waals surface area contributed by atoms with Gasteiger partial charge in [-0.05, 0) is 0 Å². The Morgan fingerprint density at radius 3 is 2.73 bits per heavy atom. The van der Waals surface area contributed by atoms with Crippen LogP contribution in [0.2, 0.25) is 0 Å². The van der Waals surface area contributed by atoms with Gasteiger partial charge in [0.1, 0.15) is 0 Å². The summed E-state index contributed by atoms with van der Waals surface area (Å²) in [6, 6.07) is -0.275. The summed E-state index contributed by atoms with van der Waals surface area (Å²) >= 11 is 1.98. The molecule has 0 saturated heterocycles. The van der Waals surface area contributed by atoms with E-state index < -0.39 is 0 Å². The molecule has 1 rings (SSSR count). The number of hydrogen-bond acceptors (Lipinski definition) is 2. The normalized spacial score (nSPS) is 25.5. The lowest BCUT2D eigenvalue weighted by atomic mass is 10.3. The van der Waals surface area contributed by atoms with Crippen molar-refractivity contribution in [1.82, 2.24) is 4.90 Å². The molecule has 1 heterocycles. The number of halogens is 1. The highest BCUT2D eigenvalue weighted by atomic mass is 127. The summed E-state index contributed by atoms with van der Waals surface area (Å²) in [6.45, 7) is 0. The van der Waals surface area contributed by atoms with Gasteiger partial charge < -0.3 is 0 Å². The van der Waals surface area contributed by atoms with Crippen molar-refractivity contribution < 1.29 is 14.2 Å². The molecule has 4 nitrogen and oxygen atoms in total.